The van der Waals surface area contributed by atoms with E-state index in [1.807, 2.05) is 0 Å². The monoisotopic (exact) mass is 427 g/mol. The Hall–Kier alpha value is -1.48. The molecule has 2 rings (SSSR count). The summed E-state index contributed by atoms with van der Waals surface area (Å²) in [6.07, 6.45) is -4.78. The second-order valence-corrected chi connectivity index (χ2v) is 5.39. The Morgan fingerprint density at radius 2 is 1.90 bits per heavy atom. The molecule has 0 aliphatic heterocycles. The van der Waals surface area contributed by atoms with E-state index in [1.165, 1.54) is 18.2 Å². The molecule has 0 unspecified atom stereocenters. The van der Waals surface area contributed by atoms with Crippen molar-refractivity contribution in [3.05, 3.63) is 45.2 Å². The number of nitrogens with one attached hydrogen (secondary N) is 1. The molecule has 0 atom stereocenters. The van der Waals surface area contributed by atoms with Gasteiger partial charge in [0.25, 0.3) is 5.91 Å². The smallest absolute Gasteiger partial charge is 0.444 e. The zero-order chi connectivity index (χ0) is 15.6. The van der Waals surface area contributed by atoms with Gasteiger partial charge in [-0.05, 0) is 62.2 Å². The highest BCUT2D eigenvalue weighted by Gasteiger charge is 2.32. The molecule has 0 radical (unpaired) electrons. The molecule has 4 nitrogen and oxygen atoms in total. The summed E-state index contributed by atoms with van der Waals surface area (Å²) in [6.45, 7) is 0. The third-order valence-corrected chi connectivity index (χ3v) is 3.26. The molecule has 0 saturated carbocycles. The van der Waals surface area contributed by atoms with E-state index in [-0.39, 0.29) is 15.9 Å². The van der Waals surface area contributed by atoms with E-state index >= 15 is 0 Å². The van der Waals surface area contributed by atoms with Crippen molar-refractivity contribution in [2.45, 2.75) is 6.36 Å². The minimum Gasteiger partial charge on any atom is -0.444 e. The third-order valence-electron chi connectivity index (χ3n) is 2.21. The maximum Gasteiger partial charge on any atom is 0.573 e. The highest BCUT2D eigenvalue weighted by atomic mass is 79.9. The molecule has 1 N–H and O–H groups in total. The maximum absolute atomic E-state index is 12.1. The standard InChI is InChI=1S/C12H6Br2F3NO3/c13-7-5-6(1-2-8(7)21-12(15,16)17)18-11(19)9-3-4-10(14)20-9/h1-5H,(H,18,19). The van der Waals surface area contributed by atoms with Gasteiger partial charge in [-0.25, -0.2) is 0 Å². The van der Waals surface area contributed by atoms with Crippen molar-refractivity contribution in [1.82, 2.24) is 0 Å². The van der Waals surface area contributed by atoms with Crippen LogP contribution in [0.1, 0.15) is 10.6 Å². The maximum atomic E-state index is 12.1. The molecule has 21 heavy (non-hydrogen) atoms. The number of carbonyl (C=O) groups excluding carboxylic acids is 1. The number of carbonyl (C=O) groups is 1. The molecule has 0 fully saturated rings. The molecule has 0 spiro atoms. The van der Waals surface area contributed by atoms with E-state index in [0.717, 1.165) is 6.07 Å². The van der Waals surface area contributed by atoms with Gasteiger partial charge < -0.3 is 14.5 Å². The van der Waals surface area contributed by atoms with E-state index in [2.05, 4.69) is 41.9 Å². The number of benzene rings is 1. The molecular formula is C12H6Br2F3NO3. The number of hydrogen-bond acceptors (Lipinski definition) is 3. The second kappa shape index (κ2) is 6.10. The third kappa shape index (κ3) is 4.50. The van der Waals surface area contributed by atoms with Gasteiger partial charge >= 0.3 is 6.36 Å². The molecule has 0 saturated heterocycles. The topological polar surface area (TPSA) is 51.5 Å². The molecule has 112 valence electrons. The van der Waals surface area contributed by atoms with Crippen molar-refractivity contribution in [2.75, 3.05) is 5.32 Å². The molecule has 0 aliphatic rings. The minimum absolute atomic E-state index is 0.0539. The molecular weight excluding hydrogens is 423 g/mol. The van der Waals surface area contributed by atoms with E-state index in [0.29, 0.717) is 4.67 Å². The fraction of sp³-hybridized carbons (Fsp3) is 0.0833. The number of hydrogen-bond donors (Lipinski definition) is 1. The van der Waals surface area contributed by atoms with Gasteiger partial charge in [0, 0.05) is 5.69 Å². The van der Waals surface area contributed by atoms with Crippen molar-refractivity contribution >= 4 is 43.5 Å². The number of rotatable bonds is 3. The molecule has 9 heteroatoms. The summed E-state index contributed by atoms with van der Waals surface area (Å²) >= 11 is 6.00. The van der Waals surface area contributed by atoms with Crippen LogP contribution in [0.2, 0.25) is 0 Å². The van der Waals surface area contributed by atoms with E-state index in [9.17, 15) is 18.0 Å². The number of halogens is 5. The first kappa shape index (κ1) is 15.9. The van der Waals surface area contributed by atoms with Crippen LogP contribution in [0, 0.1) is 0 Å². The summed E-state index contributed by atoms with van der Waals surface area (Å²) in [4.78, 5) is 11.8. The Balaban J connectivity index is 2.11. The Morgan fingerprint density at radius 3 is 2.43 bits per heavy atom. The van der Waals surface area contributed by atoms with Gasteiger partial charge in [0.1, 0.15) is 5.75 Å². The zero-order valence-corrected chi connectivity index (χ0v) is 13.2. The van der Waals surface area contributed by atoms with Crippen molar-refractivity contribution < 1.29 is 27.1 Å². The van der Waals surface area contributed by atoms with Crippen molar-refractivity contribution in [3.63, 3.8) is 0 Å². The van der Waals surface area contributed by atoms with Crippen molar-refractivity contribution in [2.24, 2.45) is 0 Å². The quantitative estimate of drug-likeness (QED) is 0.752. The van der Waals surface area contributed by atoms with Crippen LogP contribution in [0.4, 0.5) is 18.9 Å². The van der Waals surface area contributed by atoms with Crippen LogP contribution >= 0.6 is 31.9 Å². The van der Waals surface area contributed by atoms with Crippen LogP contribution in [0.5, 0.6) is 5.75 Å². The largest absolute Gasteiger partial charge is 0.573 e. The first-order chi connectivity index (χ1) is 9.74. The summed E-state index contributed by atoms with van der Waals surface area (Å²) in [5.74, 6) is -0.869. The SMILES string of the molecule is O=C(Nc1ccc(OC(F)(F)F)c(Br)c1)c1ccc(Br)o1. The number of furan rings is 1. The van der Waals surface area contributed by atoms with E-state index < -0.39 is 18.0 Å². The van der Waals surface area contributed by atoms with Crippen molar-refractivity contribution in [3.8, 4) is 5.75 Å². The predicted octanol–water partition coefficient (Wildman–Crippen LogP) is 4.96. The van der Waals surface area contributed by atoms with Crippen molar-refractivity contribution in [1.29, 1.82) is 0 Å². The van der Waals surface area contributed by atoms with Crippen LogP contribution in [0.15, 0.2) is 43.9 Å². The lowest BCUT2D eigenvalue weighted by Gasteiger charge is -2.11. The average molecular weight is 429 g/mol. The van der Waals surface area contributed by atoms with Crippen LogP contribution in [-0.2, 0) is 0 Å². The van der Waals surface area contributed by atoms with Gasteiger partial charge in [0.15, 0.2) is 10.4 Å². The van der Waals surface area contributed by atoms with Gasteiger partial charge in [0.2, 0.25) is 0 Å². The summed E-state index contributed by atoms with van der Waals surface area (Å²) in [5.41, 5.74) is 0.286. The highest BCUT2D eigenvalue weighted by Crippen LogP contribution is 2.32. The van der Waals surface area contributed by atoms with Crippen LogP contribution < -0.4 is 10.1 Å². The highest BCUT2D eigenvalue weighted by molar-refractivity contribution is 9.10. The number of amides is 1. The molecule has 0 bridgehead atoms. The second-order valence-electron chi connectivity index (χ2n) is 3.75. The Kier molecular flexibility index (Phi) is 4.62. The van der Waals surface area contributed by atoms with Crippen LogP contribution in [-0.4, -0.2) is 12.3 Å². The average Bonchev–Trinajstić information content (AvgIpc) is 2.78. The predicted molar refractivity (Wildman–Crippen MR) is 75.2 cm³/mol. The summed E-state index contributed by atoms with van der Waals surface area (Å²) in [6, 6.07) is 6.66. The minimum atomic E-state index is -4.78. The molecule has 0 aliphatic carbocycles. The lowest BCUT2D eigenvalue weighted by molar-refractivity contribution is -0.274. The summed E-state index contributed by atoms with van der Waals surface area (Å²) < 4.78 is 45.7. The van der Waals surface area contributed by atoms with Gasteiger partial charge in [-0.3, -0.25) is 4.79 Å². The fourth-order valence-electron chi connectivity index (χ4n) is 1.42. The summed E-state index contributed by atoms with van der Waals surface area (Å²) in [7, 11) is 0. The van der Waals surface area contributed by atoms with E-state index in [4.69, 9.17) is 4.42 Å². The normalized spacial score (nSPS) is 11.3. The number of alkyl halides is 3. The van der Waals surface area contributed by atoms with Crippen LogP contribution in [0.25, 0.3) is 0 Å². The number of ether oxygens (including phenoxy) is 1. The number of anilines is 1. The zero-order valence-electron chi connectivity index (χ0n) is 10.0. The van der Waals surface area contributed by atoms with Gasteiger partial charge in [-0.15, -0.1) is 13.2 Å². The van der Waals surface area contributed by atoms with Gasteiger partial charge in [0.05, 0.1) is 4.47 Å². The molecule has 1 aromatic heterocycles. The fourth-order valence-corrected chi connectivity index (χ4v) is 2.18. The van der Waals surface area contributed by atoms with Gasteiger partial charge in [-0.1, -0.05) is 0 Å². The first-order valence-corrected chi connectivity index (χ1v) is 6.95. The summed E-state index contributed by atoms with van der Waals surface area (Å²) in [5, 5.41) is 2.48. The Labute approximate surface area is 133 Å². The van der Waals surface area contributed by atoms with E-state index in [1.54, 1.807) is 6.07 Å². The Morgan fingerprint density at radius 1 is 1.19 bits per heavy atom. The first-order valence-electron chi connectivity index (χ1n) is 5.36. The Bertz CT molecular complexity index is 670. The molecule has 1 aromatic carbocycles. The lowest BCUT2D eigenvalue weighted by Crippen LogP contribution is -2.17. The lowest BCUT2D eigenvalue weighted by atomic mass is 10.3. The van der Waals surface area contributed by atoms with Gasteiger partial charge in [-0.2, -0.15) is 0 Å². The van der Waals surface area contributed by atoms with Crippen LogP contribution in [0.3, 0.4) is 0 Å². The molecule has 1 amide bonds. The molecule has 1 heterocycles. The molecule has 2 aromatic rings.